The lowest BCUT2D eigenvalue weighted by Gasteiger charge is -1.94. The van der Waals surface area contributed by atoms with Crippen LogP contribution in [0.1, 0.15) is 0 Å². The summed E-state index contributed by atoms with van der Waals surface area (Å²) >= 11 is 1.52. The van der Waals surface area contributed by atoms with E-state index in [1.54, 1.807) is 6.07 Å². The Kier molecular flexibility index (Phi) is 2.30. The Morgan fingerprint density at radius 2 is 2.00 bits per heavy atom. The van der Waals surface area contributed by atoms with Gasteiger partial charge in [0.15, 0.2) is 0 Å². The highest BCUT2D eigenvalue weighted by Crippen LogP contribution is 2.31. The van der Waals surface area contributed by atoms with Gasteiger partial charge < -0.3 is 5.73 Å². The van der Waals surface area contributed by atoms with Crippen LogP contribution in [0.5, 0.6) is 0 Å². The molecule has 84 valence electrons. The van der Waals surface area contributed by atoms with Crippen LogP contribution in [0, 0.1) is 5.82 Å². The fraction of sp³-hybridized carbons (Fsp3) is 0. The molecule has 0 saturated heterocycles. The molecule has 0 aliphatic rings. The molecule has 0 aliphatic carbocycles. The van der Waals surface area contributed by atoms with Crippen molar-refractivity contribution < 1.29 is 4.39 Å². The van der Waals surface area contributed by atoms with E-state index in [-0.39, 0.29) is 5.82 Å². The molecular weight excluding hydrogens is 235 g/mol. The molecule has 0 aliphatic heterocycles. The number of fused-ring (bicyclic) bond motifs is 1. The normalized spacial score (nSPS) is 10.9. The third kappa shape index (κ3) is 1.87. The third-order valence-electron chi connectivity index (χ3n) is 2.48. The first-order chi connectivity index (χ1) is 8.22. The molecule has 4 heteroatoms. The van der Waals surface area contributed by atoms with Crippen LogP contribution in [0.15, 0.2) is 42.5 Å². The zero-order chi connectivity index (χ0) is 11.8. The topological polar surface area (TPSA) is 38.9 Å². The number of thiazole rings is 1. The fourth-order valence-electron chi connectivity index (χ4n) is 1.69. The molecule has 2 aromatic carbocycles. The standard InChI is InChI=1S/C13H9FN2S/c14-9-3-1-2-8(6-9)13-16-11-5-4-10(15)7-12(11)17-13/h1-7H,15H2. The van der Waals surface area contributed by atoms with E-state index in [2.05, 4.69) is 4.98 Å². The Morgan fingerprint density at radius 1 is 1.12 bits per heavy atom. The number of nitrogens with zero attached hydrogens (tertiary/aromatic N) is 1. The van der Waals surface area contributed by atoms with Gasteiger partial charge in [-0.15, -0.1) is 11.3 Å². The summed E-state index contributed by atoms with van der Waals surface area (Å²) in [6.07, 6.45) is 0. The quantitative estimate of drug-likeness (QED) is 0.663. The Morgan fingerprint density at radius 3 is 2.82 bits per heavy atom. The minimum absolute atomic E-state index is 0.249. The molecule has 0 unspecified atom stereocenters. The van der Waals surface area contributed by atoms with E-state index in [0.717, 1.165) is 20.8 Å². The van der Waals surface area contributed by atoms with E-state index in [4.69, 9.17) is 5.73 Å². The number of halogens is 1. The predicted octanol–water partition coefficient (Wildman–Crippen LogP) is 3.68. The molecule has 0 fully saturated rings. The average Bonchev–Trinajstić information content (AvgIpc) is 2.72. The Labute approximate surface area is 102 Å². The van der Waals surface area contributed by atoms with Gasteiger partial charge >= 0.3 is 0 Å². The minimum atomic E-state index is -0.249. The second kappa shape index (κ2) is 3.82. The van der Waals surface area contributed by atoms with E-state index >= 15 is 0 Å². The second-order valence-corrected chi connectivity index (χ2v) is 4.79. The molecule has 0 saturated carbocycles. The molecule has 3 rings (SSSR count). The maximum absolute atomic E-state index is 13.1. The smallest absolute Gasteiger partial charge is 0.124 e. The molecule has 2 nitrogen and oxygen atoms in total. The summed E-state index contributed by atoms with van der Waals surface area (Å²) in [7, 11) is 0. The summed E-state index contributed by atoms with van der Waals surface area (Å²) in [5.74, 6) is -0.249. The van der Waals surface area contributed by atoms with Crippen molar-refractivity contribution >= 4 is 27.2 Å². The zero-order valence-corrected chi connectivity index (χ0v) is 9.67. The maximum atomic E-state index is 13.1. The second-order valence-electron chi connectivity index (χ2n) is 3.76. The first kappa shape index (κ1) is 10.2. The largest absolute Gasteiger partial charge is 0.399 e. The molecular formula is C13H9FN2S. The van der Waals surface area contributed by atoms with Crippen LogP contribution in [0.25, 0.3) is 20.8 Å². The van der Waals surface area contributed by atoms with E-state index in [1.165, 1.54) is 23.5 Å². The summed E-state index contributed by atoms with van der Waals surface area (Å²) in [6.45, 7) is 0. The van der Waals surface area contributed by atoms with Crippen molar-refractivity contribution in [3.63, 3.8) is 0 Å². The molecule has 0 amide bonds. The van der Waals surface area contributed by atoms with Gasteiger partial charge in [0.05, 0.1) is 10.2 Å². The van der Waals surface area contributed by atoms with Crippen molar-refractivity contribution in [2.24, 2.45) is 0 Å². The zero-order valence-electron chi connectivity index (χ0n) is 8.85. The Bertz CT molecular complexity index is 691. The number of rotatable bonds is 1. The number of anilines is 1. The van der Waals surface area contributed by atoms with Gasteiger partial charge in [0.2, 0.25) is 0 Å². The molecule has 2 N–H and O–H groups in total. The first-order valence-corrected chi connectivity index (χ1v) is 5.96. The molecule has 3 aromatic rings. The minimum Gasteiger partial charge on any atom is -0.399 e. The third-order valence-corrected chi connectivity index (χ3v) is 3.55. The van der Waals surface area contributed by atoms with E-state index < -0.39 is 0 Å². The number of aromatic nitrogens is 1. The van der Waals surface area contributed by atoms with Crippen molar-refractivity contribution in [1.29, 1.82) is 0 Å². The highest BCUT2D eigenvalue weighted by molar-refractivity contribution is 7.21. The summed E-state index contributed by atoms with van der Waals surface area (Å²) in [5, 5.41) is 0.810. The molecule has 0 bridgehead atoms. The number of nitrogens with two attached hydrogens (primary N) is 1. The monoisotopic (exact) mass is 244 g/mol. The highest BCUT2D eigenvalue weighted by Gasteiger charge is 2.06. The summed E-state index contributed by atoms with van der Waals surface area (Å²) in [5.41, 5.74) is 8.12. The van der Waals surface area contributed by atoms with Crippen LogP contribution in [-0.4, -0.2) is 4.98 Å². The molecule has 0 atom stereocenters. The van der Waals surface area contributed by atoms with Gasteiger partial charge in [-0.2, -0.15) is 0 Å². The Hall–Kier alpha value is -1.94. The van der Waals surface area contributed by atoms with Crippen LogP contribution in [0.3, 0.4) is 0 Å². The maximum Gasteiger partial charge on any atom is 0.124 e. The van der Waals surface area contributed by atoms with E-state index in [9.17, 15) is 4.39 Å². The molecule has 0 radical (unpaired) electrons. The van der Waals surface area contributed by atoms with E-state index in [1.807, 2.05) is 24.3 Å². The van der Waals surface area contributed by atoms with Crippen molar-refractivity contribution in [2.75, 3.05) is 5.73 Å². The van der Waals surface area contributed by atoms with Crippen LogP contribution in [0.4, 0.5) is 10.1 Å². The van der Waals surface area contributed by atoms with Gasteiger partial charge in [0.25, 0.3) is 0 Å². The molecule has 1 heterocycles. The van der Waals surface area contributed by atoms with Gasteiger partial charge in [0, 0.05) is 11.3 Å². The molecule has 1 aromatic heterocycles. The van der Waals surface area contributed by atoms with Crippen LogP contribution in [0.2, 0.25) is 0 Å². The summed E-state index contributed by atoms with van der Waals surface area (Å²) in [4.78, 5) is 4.46. The number of nitrogen functional groups attached to an aromatic ring is 1. The average molecular weight is 244 g/mol. The lowest BCUT2D eigenvalue weighted by Crippen LogP contribution is -1.81. The highest BCUT2D eigenvalue weighted by atomic mass is 32.1. The molecule has 0 spiro atoms. The summed E-state index contributed by atoms with van der Waals surface area (Å²) in [6, 6.07) is 12.0. The van der Waals surface area contributed by atoms with Crippen LogP contribution >= 0.6 is 11.3 Å². The van der Waals surface area contributed by atoms with Crippen molar-refractivity contribution in [2.45, 2.75) is 0 Å². The van der Waals surface area contributed by atoms with Gasteiger partial charge in [-0.3, -0.25) is 0 Å². The van der Waals surface area contributed by atoms with Crippen LogP contribution in [-0.2, 0) is 0 Å². The van der Waals surface area contributed by atoms with Crippen LogP contribution < -0.4 is 5.73 Å². The lowest BCUT2D eigenvalue weighted by molar-refractivity contribution is 0.628. The summed E-state index contributed by atoms with van der Waals surface area (Å²) < 4.78 is 14.1. The van der Waals surface area contributed by atoms with Crippen molar-refractivity contribution in [1.82, 2.24) is 4.98 Å². The van der Waals surface area contributed by atoms with Gasteiger partial charge in [-0.05, 0) is 30.3 Å². The first-order valence-electron chi connectivity index (χ1n) is 5.14. The van der Waals surface area contributed by atoms with Crippen molar-refractivity contribution in [3.05, 3.63) is 48.3 Å². The van der Waals surface area contributed by atoms with Gasteiger partial charge in [-0.25, -0.2) is 9.37 Å². The van der Waals surface area contributed by atoms with Crippen molar-refractivity contribution in [3.8, 4) is 10.6 Å². The Balaban J connectivity index is 2.18. The SMILES string of the molecule is Nc1ccc2nc(-c3cccc(F)c3)sc2c1. The van der Waals surface area contributed by atoms with Gasteiger partial charge in [0.1, 0.15) is 10.8 Å². The predicted molar refractivity (Wildman–Crippen MR) is 69.4 cm³/mol. The fourth-order valence-corrected chi connectivity index (χ4v) is 2.70. The molecule has 17 heavy (non-hydrogen) atoms. The number of benzene rings is 2. The number of hydrogen-bond donors (Lipinski definition) is 1. The van der Waals surface area contributed by atoms with E-state index in [0.29, 0.717) is 5.69 Å². The van der Waals surface area contributed by atoms with Gasteiger partial charge in [-0.1, -0.05) is 12.1 Å². The lowest BCUT2D eigenvalue weighted by atomic mass is 10.2. The number of hydrogen-bond acceptors (Lipinski definition) is 3.